The summed E-state index contributed by atoms with van der Waals surface area (Å²) in [7, 11) is 0. The SMILES string of the molecule is CCCNC(=O)CCNc1ccc(C)cc1C#N. The molecule has 1 aromatic carbocycles. The summed E-state index contributed by atoms with van der Waals surface area (Å²) in [6, 6.07) is 7.80. The summed E-state index contributed by atoms with van der Waals surface area (Å²) in [6.45, 7) is 5.22. The van der Waals surface area contributed by atoms with E-state index in [1.165, 1.54) is 0 Å². The second kappa shape index (κ2) is 7.33. The van der Waals surface area contributed by atoms with Crippen molar-refractivity contribution in [3.63, 3.8) is 0 Å². The number of amides is 1. The van der Waals surface area contributed by atoms with Crippen molar-refractivity contribution in [1.29, 1.82) is 5.26 Å². The molecule has 1 amide bonds. The third-order valence-corrected chi connectivity index (χ3v) is 2.54. The molecule has 0 aliphatic rings. The van der Waals surface area contributed by atoms with Crippen LogP contribution in [0.3, 0.4) is 0 Å². The maximum Gasteiger partial charge on any atom is 0.221 e. The average molecular weight is 245 g/mol. The standard InChI is InChI=1S/C14H19N3O/c1-3-7-17-14(18)6-8-16-13-5-4-11(2)9-12(13)10-15/h4-5,9,16H,3,6-8H2,1-2H3,(H,17,18). The number of aryl methyl sites for hydroxylation is 1. The minimum Gasteiger partial charge on any atom is -0.383 e. The molecule has 1 rings (SSSR count). The quantitative estimate of drug-likeness (QED) is 0.807. The number of carbonyl (C=O) groups is 1. The van der Waals surface area contributed by atoms with Gasteiger partial charge >= 0.3 is 0 Å². The summed E-state index contributed by atoms with van der Waals surface area (Å²) in [4.78, 5) is 11.4. The van der Waals surface area contributed by atoms with Gasteiger partial charge in [0.15, 0.2) is 0 Å². The number of hydrogen-bond donors (Lipinski definition) is 2. The van der Waals surface area contributed by atoms with Gasteiger partial charge in [-0.2, -0.15) is 5.26 Å². The lowest BCUT2D eigenvalue weighted by Crippen LogP contribution is -2.25. The molecular formula is C14H19N3O. The number of nitriles is 1. The number of nitrogens with one attached hydrogen (secondary N) is 2. The maximum absolute atomic E-state index is 11.4. The molecule has 4 heteroatoms. The van der Waals surface area contributed by atoms with E-state index in [1.807, 2.05) is 32.0 Å². The predicted molar refractivity (Wildman–Crippen MR) is 72.3 cm³/mol. The first-order valence-electron chi connectivity index (χ1n) is 6.18. The normalized spacial score (nSPS) is 9.61. The predicted octanol–water partition coefficient (Wildman–Crippen LogP) is 2.19. The van der Waals surface area contributed by atoms with Crippen molar-refractivity contribution in [2.45, 2.75) is 26.7 Å². The zero-order chi connectivity index (χ0) is 13.4. The monoisotopic (exact) mass is 245 g/mol. The van der Waals surface area contributed by atoms with Crippen LogP contribution in [-0.4, -0.2) is 19.0 Å². The molecule has 0 aromatic heterocycles. The van der Waals surface area contributed by atoms with Crippen LogP contribution in [0.5, 0.6) is 0 Å². The number of anilines is 1. The Morgan fingerprint density at radius 3 is 2.83 bits per heavy atom. The lowest BCUT2D eigenvalue weighted by atomic mass is 10.1. The molecule has 0 radical (unpaired) electrons. The largest absolute Gasteiger partial charge is 0.383 e. The molecule has 0 unspecified atom stereocenters. The fraction of sp³-hybridized carbons (Fsp3) is 0.429. The Bertz CT molecular complexity index is 449. The molecule has 1 aromatic rings. The molecule has 0 aliphatic heterocycles. The van der Waals surface area contributed by atoms with Crippen molar-refractivity contribution in [3.8, 4) is 6.07 Å². The molecule has 0 saturated carbocycles. The van der Waals surface area contributed by atoms with Crippen LogP contribution in [0.25, 0.3) is 0 Å². The highest BCUT2D eigenvalue weighted by Crippen LogP contribution is 2.15. The Morgan fingerprint density at radius 1 is 1.39 bits per heavy atom. The lowest BCUT2D eigenvalue weighted by molar-refractivity contribution is -0.120. The summed E-state index contributed by atoms with van der Waals surface area (Å²) in [5.74, 6) is 0.0370. The van der Waals surface area contributed by atoms with Gasteiger partial charge in [-0.25, -0.2) is 0 Å². The van der Waals surface area contributed by atoms with E-state index in [2.05, 4.69) is 16.7 Å². The van der Waals surface area contributed by atoms with Crippen LogP contribution in [0.15, 0.2) is 18.2 Å². The third-order valence-electron chi connectivity index (χ3n) is 2.54. The van der Waals surface area contributed by atoms with E-state index in [4.69, 9.17) is 5.26 Å². The van der Waals surface area contributed by atoms with E-state index in [0.29, 0.717) is 25.1 Å². The van der Waals surface area contributed by atoms with Gasteiger partial charge in [-0.05, 0) is 31.0 Å². The summed E-state index contributed by atoms with van der Waals surface area (Å²) < 4.78 is 0. The Kier molecular flexibility index (Phi) is 5.72. The van der Waals surface area contributed by atoms with Gasteiger partial charge < -0.3 is 10.6 Å². The van der Waals surface area contributed by atoms with Crippen molar-refractivity contribution in [2.24, 2.45) is 0 Å². The van der Waals surface area contributed by atoms with Crippen LogP contribution in [-0.2, 0) is 4.79 Å². The van der Waals surface area contributed by atoms with E-state index in [-0.39, 0.29) is 5.91 Å². The molecule has 0 atom stereocenters. The number of rotatable bonds is 6. The minimum absolute atomic E-state index is 0.0370. The van der Waals surface area contributed by atoms with Crippen molar-refractivity contribution < 1.29 is 4.79 Å². The smallest absolute Gasteiger partial charge is 0.221 e. The van der Waals surface area contributed by atoms with Crippen molar-refractivity contribution in [2.75, 3.05) is 18.4 Å². The summed E-state index contributed by atoms with van der Waals surface area (Å²) in [5.41, 5.74) is 2.45. The zero-order valence-electron chi connectivity index (χ0n) is 10.9. The number of carbonyl (C=O) groups excluding carboxylic acids is 1. The van der Waals surface area contributed by atoms with Gasteiger partial charge in [-0.3, -0.25) is 4.79 Å². The first-order chi connectivity index (χ1) is 8.67. The minimum atomic E-state index is 0.0370. The maximum atomic E-state index is 11.4. The first kappa shape index (κ1) is 14.0. The van der Waals surface area contributed by atoms with Crippen LogP contribution in [0.1, 0.15) is 30.9 Å². The Balaban J connectivity index is 2.44. The Hall–Kier alpha value is -2.02. The highest BCUT2D eigenvalue weighted by molar-refractivity contribution is 5.76. The van der Waals surface area contributed by atoms with Crippen molar-refractivity contribution in [3.05, 3.63) is 29.3 Å². The molecule has 0 heterocycles. The fourth-order valence-electron chi connectivity index (χ4n) is 1.57. The summed E-state index contributed by atoms with van der Waals surface area (Å²) in [5, 5.41) is 14.9. The molecule has 0 spiro atoms. The molecule has 96 valence electrons. The van der Waals surface area contributed by atoms with Gasteiger partial charge in [0.1, 0.15) is 6.07 Å². The molecule has 0 aliphatic carbocycles. The Morgan fingerprint density at radius 2 is 2.17 bits per heavy atom. The van der Waals surface area contributed by atoms with Crippen molar-refractivity contribution >= 4 is 11.6 Å². The van der Waals surface area contributed by atoms with Gasteiger partial charge in [0.2, 0.25) is 5.91 Å². The van der Waals surface area contributed by atoms with Crippen LogP contribution in [0.4, 0.5) is 5.69 Å². The van der Waals surface area contributed by atoms with E-state index in [9.17, 15) is 4.79 Å². The highest BCUT2D eigenvalue weighted by atomic mass is 16.1. The number of nitrogens with zero attached hydrogens (tertiary/aromatic N) is 1. The molecule has 2 N–H and O–H groups in total. The summed E-state index contributed by atoms with van der Waals surface area (Å²) >= 11 is 0. The van der Waals surface area contributed by atoms with E-state index >= 15 is 0 Å². The number of hydrogen-bond acceptors (Lipinski definition) is 3. The van der Waals surface area contributed by atoms with Crippen LogP contribution < -0.4 is 10.6 Å². The molecule has 0 bridgehead atoms. The second-order valence-electron chi connectivity index (χ2n) is 4.19. The molecule has 18 heavy (non-hydrogen) atoms. The molecular weight excluding hydrogens is 226 g/mol. The van der Waals surface area contributed by atoms with Gasteiger partial charge in [0.05, 0.1) is 11.3 Å². The number of benzene rings is 1. The fourth-order valence-corrected chi connectivity index (χ4v) is 1.57. The molecule has 0 fully saturated rings. The van der Waals surface area contributed by atoms with Gasteiger partial charge in [-0.15, -0.1) is 0 Å². The third kappa shape index (κ3) is 4.46. The highest BCUT2D eigenvalue weighted by Gasteiger charge is 2.03. The Labute approximate surface area is 108 Å². The van der Waals surface area contributed by atoms with Crippen LogP contribution in [0, 0.1) is 18.3 Å². The average Bonchev–Trinajstić information content (AvgIpc) is 2.37. The van der Waals surface area contributed by atoms with Crippen LogP contribution >= 0.6 is 0 Å². The lowest BCUT2D eigenvalue weighted by Gasteiger charge is -2.09. The van der Waals surface area contributed by atoms with Gasteiger partial charge in [0, 0.05) is 19.5 Å². The van der Waals surface area contributed by atoms with Crippen LogP contribution in [0.2, 0.25) is 0 Å². The topological polar surface area (TPSA) is 64.9 Å². The van der Waals surface area contributed by atoms with Crippen molar-refractivity contribution in [1.82, 2.24) is 5.32 Å². The van der Waals surface area contributed by atoms with E-state index in [0.717, 1.165) is 17.7 Å². The first-order valence-corrected chi connectivity index (χ1v) is 6.18. The molecule has 0 saturated heterocycles. The zero-order valence-corrected chi connectivity index (χ0v) is 10.9. The second-order valence-corrected chi connectivity index (χ2v) is 4.19. The summed E-state index contributed by atoms with van der Waals surface area (Å²) in [6.07, 6.45) is 1.36. The van der Waals surface area contributed by atoms with Gasteiger partial charge in [0.25, 0.3) is 0 Å². The van der Waals surface area contributed by atoms with Gasteiger partial charge in [-0.1, -0.05) is 13.0 Å². The van der Waals surface area contributed by atoms with E-state index < -0.39 is 0 Å². The van der Waals surface area contributed by atoms with E-state index in [1.54, 1.807) is 0 Å². The molecule has 4 nitrogen and oxygen atoms in total.